The number of anilines is 1. The molecule has 4 nitrogen and oxygen atoms in total. The number of hydrogen-bond acceptors (Lipinski definition) is 3. The lowest BCUT2D eigenvalue weighted by Gasteiger charge is -2.29. The van der Waals surface area contributed by atoms with Crippen LogP contribution in [0.4, 0.5) is 5.69 Å². The molecule has 1 saturated heterocycles. The van der Waals surface area contributed by atoms with Crippen molar-refractivity contribution in [1.82, 2.24) is 14.9 Å². The molecule has 3 aromatic rings. The van der Waals surface area contributed by atoms with Crippen LogP contribution >= 0.6 is 12.2 Å². The molecule has 0 saturated carbocycles. The largest absolute Gasteiger partial charge is 0.349 e. The first-order valence-corrected chi connectivity index (χ1v) is 8.43. The molecule has 0 unspecified atom stereocenters. The van der Waals surface area contributed by atoms with Crippen molar-refractivity contribution in [2.75, 3.05) is 18.4 Å². The maximum Gasteiger partial charge on any atom is 0.173 e. The third kappa shape index (κ3) is 2.97. The second kappa shape index (κ2) is 6.08. The van der Waals surface area contributed by atoms with Gasteiger partial charge in [0, 0.05) is 18.8 Å². The average molecular weight is 322 g/mol. The first kappa shape index (κ1) is 14.3. The highest BCUT2D eigenvalue weighted by Gasteiger charge is 2.13. The van der Waals surface area contributed by atoms with E-state index in [4.69, 9.17) is 17.2 Å². The molecule has 0 bridgehead atoms. The van der Waals surface area contributed by atoms with E-state index in [9.17, 15) is 0 Å². The van der Waals surface area contributed by atoms with Crippen LogP contribution in [0, 0.1) is 0 Å². The SMILES string of the molecule is S=C(Nc1ccc2nc3ccccc3nc2c1)N1CCCCC1. The predicted molar refractivity (Wildman–Crippen MR) is 98.7 cm³/mol. The summed E-state index contributed by atoms with van der Waals surface area (Å²) < 4.78 is 0. The number of benzene rings is 2. The van der Waals surface area contributed by atoms with E-state index in [1.807, 2.05) is 42.5 Å². The number of nitrogens with zero attached hydrogens (tertiary/aromatic N) is 3. The topological polar surface area (TPSA) is 41.1 Å². The van der Waals surface area contributed by atoms with Gasteiger partial charge in [-0.2, -0.15) is 0 Å². The maximum atomic E-state index is 5.53. The van der Waals surface area contributed by atoms with Gasteiger partial charge in [-0.3, -0.25) is 0 Å². The smallest absolute Gasteiger partial charge is 0.173 e. The number of likely N-dealkylation sites (tertiary alicyclic amines) is 1. The summed E-state index contributed by atoms with van der Waals surface area (Å²) in [5, 5.41) is 4.14. The number of piperidine rings is 1. The van der Waals surface area contributed by atoms with Gasteiger partial charge in [-0.05, 0) is 61.8 Å². The molecule has 5 heteroatoms. The van der Waals surface area contributed by atoms with E-state index >= 15 is 0 Å². The van der Waals surface area contributed by atoms with Gasteiger partial charge in [0.15, 0.2) is 5.11 Å². The molecular weight excluding hydrogens is 304 g/mol. The van der Waals surface area contributed by atoms with E-state index < -0.39 is 0 Å². The zero-order chi connectivity index (χ0) is 15.6. The Labute approximate surface area is 140 Å². The van der Waals surface area contributed by atoms with Crippen molar-refractivity contribution in [1.29, 1.82) is 0 Å². The van der Waals surface area contributed by atoms with Crippen molar-refractivity contribution >= 4 is 45.1 Å². The minimum atomic E-state index is 0.804. The quantitative estimate of drug-likeness (QED) is 0.542. The molecule has 4 rings (SSSR count). The van der Waals surface area contributed by atoms with Crippen molar-refractivity contribution in [3.05, 3.63) is 42.5 Å². The molecule has 1 aliphatic heterocycles. The van der Waals surface area contributed by atoms with Crippen LogP contribution in [0.25, 0.3) is 22.1 Å². The van der Waals surface area contributed by atoms with Crippen molar-refractivity contribution < 1.29 is 0 Å². The molecule has 0 spiro atoms. The van der Waals surface area contributed by atoms with Gasteiger partial charge in [0.05, 0.1) is 22.1 Å². The summed E-state index contributed by atoms with van der Waals surface area (Å²) >= 11 is 5.53. The Morgan fingerprint density at radius 1 is 0.870 bits per heavy atom. The van der Waals surface area contributed by atoms with Gasteiger partial charge in [-0.25, -0.2) is 9.97 Å². The normalized spacial score (nSPS) is 15.0. The third-order valence-corrected chi connectivity index (χ3v) is 4.59. The Balaban J connectivity index is 1.62. The second-order valence-corrected chi connectivity index (χ2v) is 6.28. The van der Waals surface area contributed by atoms with Gasteiger partial charge >= 0.3 is 0 Å². The van der Waals surface area contributed by atoms with Gasteiger partial charge in [0.1, 0.15) is 0 Å². The van der Waals surface area contributed by atoms with Gasteiger partial charge in [-0.15, -0.1) is 0 Å². The predicted octanol–water partition coefficient (Wildman–Crippen LogP) is 3.97. The number of rotatable bonds is 1. The molecule has 23 heavy (non-hydrogen) atoms. The van der Waals surface area contributed by atoms with E-state index in [0.29, 0.717) is 0 Å². The van der Waals surface area contributed by atoms with Gasteiger partial charge in [0.2, 0.25) is 0 Å². The summed E-state index contributed by atoms with van der Waals surface area (Å²) in [6, 6.07) is 14.0. The minimum Gasteiger partial charge on any atom is -0.349 e. The highest BCUT2D eigenvalue weighted by atomic mass is 32.1. The van der Waals surface area contributed by atoms with Crippen molar-refractivity contribution in [2.24, 2.45) is 0 Å². The highest BCUT2D eigenvalue weighted by molar-refractivity contribution is 7.80. The van der Waals surface area contributed by atoms with Crippen molar-refractivity contribution in [3.8, 4) is 0 Å². The Morgan fingerprint density at radius 2 is 1.52 bits per heavy atom. The summed E-state index contributed by atoms with van der Waals surface area (Å²) in [4.78, 5) is 11.6. The Hall–Kier alpha value is -2.27. The van der Waals surface area contributed by atoms with Crippen LogP contribution in [-0.2, 0) is 0 Å². The molecule has 1 fully saturated rings. The van der Waals surface area contributed by atoms with Crippen LogP contribution in [0.1, 0.15) is 19.3 Å². The molecule has 2 heterocycles. The summed E-state index contributed by atoms with van der Waals surface area (Å²) in [6.45, 7) is 2.09. The highest BCUT2D eigenvalue weighted by Crippen LogP contribution is 2.20. The molecule has 1 aromatic heterocycles. The molecule has 0 aliphatic carbocycles. The summed E-state index contributed by atoms with van der Waals surface area (Å²) in [7, 11) is 0. The van der Waals surface area contributed by atoms with Crippen LogP contribution < -0.4 is 5.32 Å². The van der Waals surface area contributed by atoms with Crippen LogP contribution in [0.3, 0.4) is 0 Å². The van der Waals surface area contributed by atoms with Crippen LogP contribution in [0.5, 0.6) is 0 Å². The number of aromatic nitrogens is 2. The van der Waals surface area contributed by atoms with Crippen molar-refractivity contribution in [3.63, 3.8) is 0 Å². The maximum absolute atomic E-state index is 5.53. The molecule has 1 N–H and O–H groups in total. The van der Waals surface area contributed by atoms with Crippen LogP contribution in [0.2, 0.25) is 0 Å². The van der Waals surface area contributed by atoms with E-state index in [-0.39, 0.29) is 0 Å². The van der Waals surface area contributed by atoms with Gasteiger partial charge < -0.3 is 10.2 Å². The summed E-state index contributed by atoms with van der Waals surface area (Å²) in [6.07, 6.45) is 3.74. The van der Waals surface area contributed by atoms with Crippen LogP contribution in [-0.4, -0.2) is 33.1 Å². The molecule has 2 aromatic carbocycles. The number of nitrogens with one attached hydrogen (secondary N) is 1. The number of hydrogen-bond donors (Lipinski definition) is 1. The lowest BCUT2D eigenvalue weighted by Crippen LogP contribution is -2.38. The molecule has 0 radical (unpaired) electrons. The standard InChI is InChI=1S/C18H18N4S/c23-18(22-10-4-1-5-11-22)19-13-8-9-16-17(12-13)21-15-7-3-2-6-14(15)20-16/h2-3,6-9,12H,1,4-5,10-11H2,(H,19,23). The van der Waals surface area contributed by atoms with E-state index in [1.54, 1.807) is 0 Å². The lowest BCUT2D eigenvalue weighted by molar-refractivity contribution is 0.346. The number of para-hydroxylation sites is 2. The van der Waals surface area contributed by atoms with Gasteiger partial charge in [-0.1, -0.05) is 12.1 Å². The fourth-order valence-electron chi connectivity index (χ4n) is 3.00. The average Bonchev–Trinajstić information content (AvgIpc) is 2.60. The Kier molecular flexibility index (Phi) is 3.79. The summed E-state index contributed by atoms with van der Waals surface area (Å²) in [5.74, 6) is 0. The Bertz CT molecular complexity index is 871. The van der Waals surface area contributed by atoms with E-state index in [1.165, 1.54) is 19.3 Å². The van der Waals surface area contributed by atoms with Crippen molar-refractivity contribution in [2.45, 2.75) is 19.3 Å². The third-order valence-electron chi connectivity index (χ3n) is 4.23. The first-order chi connectivity index (χ1) is 11.3. The van der Waals surface area contributed by atoms with E-state index in [0.717, 1.165) is 46.0 Å². The number of thiocarbonyl (C=S) groups is 1. The number of fused-ring (bicyclic) bond motifs is 2. The molecule has 116 valence electrons. The minimum absolute atomic E-state index is 0.804. The molecule has 0 atom stereocenters. The molecule has 0 amide bonds. The molecule has 1 aliphatic rings. The van der Waals surface area contributed by atoms with Gasteiger partial charge in [0.25, 0.3) is 0 Å². The second-order valence-electron chi connectivity index (χ2n) is 5.89. The molecular formula is C18H18N4S. The van der Waals surface area contributed by atoms with E-state index in [2.05, 4.69) is 15.2 Å². The fraction of sp³-hybridized carbons (Fsp3) is 0.278. The zero-order valence-electron chi connectivity index (χ0n) is 12.8. The van der Waals surface area contributed by atoms with Crippen LogP contribution in [0.15, 0.2) is 42.5 Å². The zero-order valence-corrected chi connectivity index (χ0v) is 13.6. The lowest BCUT2D eigenvalue weighted by atomic mass is 10.1. The Morgan fingerprint density at radius 3 is 2.26 bits per heavy atom. The monoisotopic (exact) mass is 322 g/mol. The fourth-order valence-corrected chi connectivity index (χ4v) is 3.30. The summed E-state index contributed by atoms with van der Waals surface area (Å²) in [5.41, 5.74) is 4.59. The first-order valence-electron chi connectivity index (χ1n) is 8.02.